The van der Waals surface area contributed by atoms with E-state index in [1.54, 1.807) is 20.8 Å². The summed E-state index contributed by atoms with van der Waals surface area (Å²) < 4.78 is 45.4. The normalized spacial score (nSPS) is 12.6. The first-order valence-corrected chi connectivity index (χ1v) is 10.5. The molecule has 1 atom stereocenters. The molecule has 10 heteroatoms. The number of anilines is 2. The zero-order chi connectivity index (χ0) is 22.5. The Bertz CT molecular complexity index is 1020. The van der Waals surface area contributed by atoms with Crippen molar-refractivity contribution in [3.8, 4) is 0 Å². The number of hydrogen-bond donors (Lipinski definition) is 3. The molecule has 8 nitrogen and oxygen atoms in total. The van der Waals surface area contributed by atoms with Crippen molar-refractivity contribution in [1.82, 2.24) is 5.32 Å². The minimum Gasteiger partial charge on any atom is -0.444 e. The van der Waals surface area contributed by atoms with Crippen LogP contribution >= 0.6 is 0 Å². The molecule has 30 heavy (non-hydrogen) atoms. The molecule has 2 aromatic rings. The van der Waals surface area contributed by atoms with Gasteiger partial charge in [-0.25, -0.2) is 17.6 Å². The predicted octanol–water partition coefficient (Wildman–Crippen LogP) is 3.48. The SMILES string of the molecule is C[C@@H](NC(=O)OC(C)(C)C)C(=O)Nc1ccc(S(=O)(=O)Nc2cccc(F)c2)cc1. The first-order valence-electron chi connectivity index (χ1n) is 9.04. The molecule has 2 aromatic carbocycles. The molecule has 0 bridgehead atoms. The average Bonchev–Trinajstić information content (AvgIpc) is 2.60. The summed E-state index contributed by atoms with van der Waals surface area (Å²) in [7, 11) is -3.93. The first-order chi connectivity index (χ1) is 13.9. The van der Waals surface area contributed by atoms with Crippen molar-refractivity contribution in [3.05, 3.63) is 54.3 Å². The van der Waals surface area contributed by atoms with Gasteiger partial charge in [-0.2, -0.15) is 0 Å². The van der Waals surface area contributed by atoms with Crippen molar-refractivity contribution in [3.63, 3.8) is 0 Å². The number of carbonyl (C=O) groups is 2. The Morgan fingerprint density at radius 1 is 1.03 bits per heavy atom. The standard InChI is InChI=1S/C20H24FN3O5S/c1-13(22-19(26)29-20(2,3)4)18(25)23-15-8-10-17(11-9-15)30(27,28)24-16-7-5-6-14(21)12-16/h5-13,24H,1-4H3,(H,22,26)(H,23,25)/t13-/m1/s1. The maximum atomic E-state index is 13.2. The molecule has 0 radical (unpaired) electrons. The van der Waals surface area contributed by atoms with Crippen molar-refractivity contribution < 1.29 is 27.1 Å². The van der Waals surface area contributed by atoms with Crippen molar-refractivity contribution in [2.75, 3.05) is 10.0 Å². The van der Waals surface area contributed by atoms with Crippen LogP contribution in [0.25, 0.3) is 0 Å². The van der Waals surface area contributed by atoms with Crippen LogP contribution in [0.3, 0.4) is 0 Å². The van der Waals surface area contributed by atoms with Crippen molar-refractivity contribution >= 4 is 33.4 Å². The van der Waals surface area contributed by atoms with Gasteiger partial charge in [-0.05, 0) is 70.2 Å². The van der Waals surface area contributed by atoms with Crippen LogP contribution in [0.5, 0.6) is 0 Å². The maximum Gasteiger partial charge on any atom is 0.408 e. The first kappa shape index (κ1) is 23.1. The second-order valence-corrected chi connectivity index (χ2v) is 9.18. The summed E-state index contributed by atoms with van der Waals surface area (Å²) in [6.07, 6.45) is -0.727. The summed E-state index contributed by atoms with van der Waals surface area (Å²) in [5, 5.41) is 4.99. The van der Waals surface area contributed by atoms with Crippen molar-refractivity contribution in [2.24, 2.45) is 0 Å². The van der Waals surface area contributed by atoms with E-state index in [1.165, 1.54) is 49.4 Å². The highest BCUT2D eigenvalue weighted by molar-refractivity contribution is 7.92. The lowest BCUT2D eigenvalue weighted by Gasteiger charge is -2.21. The highest BCUT2D eigenvalue weighted by atomic mass is 32.2. The molecule has 0 aliphatic rings. The average molecular weight is 437 g/mol. The van der Waals surface area contributed by atoms with Gasteiger partial charge in [-0.1, -0.05) is 6.07 Å². The molecule has 162 valence electrons. The third-order valence-electron chi connectivity index (χ3n) is 3.64. The number of alkyl carbamates (subject to hydrolysis) is 1. The summed E-state index contributed by atoms with van der Waals surface area (Å²) >= 11 is 0. The molecule has 0 fully saturated rings. The molecule has 3 N–H and O–H groups in total. The second-order valence-electron chi connectivity index (χ2n) is 7.50. The van der Waals surface area contributed by atoms with E-state index in [4.69, 9.17) is 4.74 Å². The number of nitrogens with one attached hydrogen (secondary N) is 3. The molecule has 0 saturated carbocycles. The Balaban J connectivity index is 1.99. The Labute approximate surface area is 174 Å². The van der Waals surface area contributed by atoms with Crippen LogP contribution < -0.4 is 15.4 Å². The largest absolute Gasteiger partial charge is 0.444 e. The van der Waals surface area contributed by atoms with Gasteiger partial charge < -0.3 is 15.4 Å². The van der Waals surface area contributed by atoms with Crippen LogP contribution in [0.1, 0.15) is 27.7 Å². The lowest BCUT2D eigenvalue weighted by molar-refractivity contribution is -0.117. The molecular formula is C20H24FN3O5S. The molecule has 0 unspecified atom stereocenters. The van der Waals surface area contributed by atoms with Crippen LogP contribution in [0.15, 0.2) is 53.4 Å². The number of ether oxygens (including phenoxy) is 1. The van der Waals surface area contributed by atoms with Gasteiger partial charge in [0.15, 0.2) is 0 Å². The van der Waals surface area contributed by atoms with Crippen molar-refractivity contribution in [1.29, 1.82) is 0 Å². The third kappa shape index (κ3) is 7.03. The zero-order valence-electron chi connectivity index (χ0n) is 17.0. The maximum absolute atomic E-state index is 13.2. The monoisotopic (exact) mass is 437 g/mol. The highest BCUT2D eigenvalue weighted by Crippen LogP contribution is 2.19. The topological polar surface area (TPSA) is 114 Å². The quantitative estimate of drug-likeness (QED) is 0.640. The smallest absolute Gasteiger partial charge is 0.408 e. The molecule has 2 rings (SSSR count). The minimum absolute atomic E-state index is 0.0651. The fourth-order valence-corrected chi connectivity index (χ4v) is 3.33. The molecule has 0 spiro atoms. The Morgan fingerprint density at radius 3 is 2.23 bits per heavy atom. The summed E-state index contributed by atoms with van der Waals surface area (Å²) in [4.78, 5) is 23.9. The molecular weight excluding hydrogens is 413 g/mol. The number of amides is 2. The fraction of sp³-hybridized carbons (Fsp3) is 0.300. The highest BCUT2D eigenvalue weighted by Gasteiger charge is 2.21. The van der Waals surface area contributed by atoms with E-state index >= 15 is 0 Å². The molecule has 0 aliphatic carbocycles. The number of rotatable bonds is 6. The van der Waals surface area contributed by atoms with Gasteiger partial charge >= 0.3 is 6.09 Å². The summed E-state index contributed by atoms with van der Waals surface area (Å²) in [5.74, 6) is -1.07. The number of carbonyl (C=O) groups excluding carboxylic acids is 2. The third-order valence-corrected chi connectivity index (χ3v) is 5.03. The summed E-state index contributed by atoms with van der Waals surface area (Å²) in [6.45, 7) is 6.60. The van der Waals surface area contributed by atoms with Crippen LogP contribution in [0, 0.1) is 5.82 Å². The van der Waals surface area contributed by atoms with E-state index in [0.29, 0.717) is 5.69 Å². The molecule has 2 amide bonds. The molecule has 0 aliphatic heterocycles. The van der Waals surface area contributed by atoms with Gasteiger partial charge in [0, 0.05) is 5.69 Å². The number of sulfonamides is 1. The zero-order valence-corrected chi connectivity index (χ0v) is 17.8. The van der Waals surface area contributed by atoms with E-state index in [0.717, 1.165) is 6.07 Å². The van der Waals surface area contributed by atoms with Crippen LogP contribution in [-0.2, 0) is 19.6 Å². The molecule has 0 aromatic heterocycles. The van der Waals surface area contributed by atoms with E-state index in [1.807, 2.05) is 0 Å². The van der Waals surface area contributed by atoms with Gasteiger partial charge in [-0.15, -0.1) is 0 Å². The van der Waals surface area contributed by atoms with Gasteiger partial charge in [0.05, 0.1) is 10.6 Å². The number of benzene rings is 2. The van der Waals surface area contributed by atoms with Gasteiger partial charge in [0.2, 0.25) is 5.91 Å². The van der Waals surface area contributed by atoms with Crippen LogP contribution in [0.4, 0.5) is 20.6 Å². The van der Waals surface area contributed by atoms with Gasteiger partial charge in [0.1, 0.15) is 17.5 Å². The minimum atomic E-state index is -3.93. The Morgan fingerprint density at radius 2 is 1.67 bits per heavy atom. The van der Waals surface area contributed by atoms with Gasteiger partial charge in [0.25, 0.3) is 10.0 Å². The van der Waals surface area contributed by atoms with Crippen molar-refractivity contribution in [2.45, 2.75) is 44.2 Å². The number of hydrogen-bond acceptors (Lipinski definition) is 5. The van der Waals surface area contributed by atoms with Crippen LogP contribution in [0.2, 0.25) is 0 Å². The summed E-state index contributed by atoms with van der Waals surface area (Å²) in [6, 6.07) is 9.59. The van der Waals surface area contributed by atoms with E-state index in [9.17, 15) is 22.4 Å². The Kier molecular flexibility index (Phi) is 7.04. The fourth-order valence-electron chi connectivity index (χ4n) is 2.28. The van der Waals surface area contributed by atoms with E-state index in [-0.39, 0.29) is 10.6 Å². The van der Waals surface area contributed by atoms with E-state index < -0.39 is 39.5 Å². The molecule has 0 heterocycles. The van der Waals surface area contributed by atoms with Gasteiger partial charge in [-0.3, -0.25) is 9.52 Å². The van der Waals surface area contributed by atoms with E-state index in [2.05, 4.69) is 15.4 Å². The van der Waals surface area contributed by atoms with Crippen LogP contribution in [-0.4, -0.2) is 32.1 Å². The summed E-state index contributed by atoms with van der Waals surface area (Å²) in [5.41, 5.74) is -0.266. The lowest BCUT2D eigenvalue weighted by atomic mass is 10.2. The predicted molar refractivity (Wildman–Crippen MR) is 111 cm³/mol. The lowest BCUT2D eigenvalue weighted by Crippen LogP contribution is -2.43. The molecule has 0 saturated heterocycles. The number of halogens is 1. The Hall–Kier alpha value is -3.14. The second kappa shape index (κ2) is 9.12.